The second-order valence-corrected chi connectivity index (χ2v) is 7.65. The maximum atomic E-state index is 13.2. The van der Waals surface area contributed by atoms with E-state index < -0.39 is 0 Å². The van der Waals surface area contributed by atoms with E-state index in [9.17, 15) is 14.7 Å². The van der Waals surface area contributed by atoms with Gasteiger partial charge in [-0.2, -0.15) is 0 Å². The number of carbonyl (C=O) groups excluding carboxylic acids is 2. The first kappa shape index (κ1) is 19.6. The first-order chi connectivity index (χ1) is 12.9. The Labute approximate surface area is 160 Å². The van der Waals surface area contributed by atoms with Gasteiger partial charge in [-0.15, -0.1) is 0 Å². The summed E-state index contributed by atoms with van der Waals surface area (Å²) >= 11 is 0. The highest BCUT2D eigenvalue weighted by atomic mass is 16.5. The number of nitrogens with one attached hydrogen (secondary N) is 2. The largest absolute Gasteiger partial charge is 0.488 e. The number of rotatable bonds is 6. The summed E-state index contributed by atoms with van der Waals surface area (Å²) < 4.78 is 6.16. The number of likely N-dealkylation sites (N-methyl/N-ethyl adjacent to an activating group) is 1. The Bertz CT molecular complexity index is 704. The van der Waals surface area contributed by atoms with Gasteiger partial charge in [-0.3, -0.25) is 9.59 Å². The molecule has 2 amide bonds. The third-order valence-corrected chi connectivity index (χ3v) is 5.29. The molecule has 0 radical (unpaired) electrons. The van der Waals surface area contributed by atoms with Crippen molar-refractivity contribution in [1.82, 2.24) is 10.2 Å². The fraction of sp³-hybridized carbons (Fsp3) is 0.600. The van der Waals surface area contributed by atoms with Crippen LogP contribution >= 0.6 is 0 Å². The molecular weight excluding hydrogens is 346 g/mol. The maximum Gasteiger partial charge on any atom is 0.258 e. The van der Waals surface area contributed by atoms with Crippen LogP contribution in [0.2, 0.25) is 0 Å². The first-order valence-corrected chi connectivity index (χ1v) is 9.62. The summed E-state index contributed by atoms with van der Waals surface area (Å²) in [6, 6.07) is 4.90. The molecular formula is C20H29N3O4. The minimum Gasteiger partial charge on any atom is -0.488 e. The normalized spacial score (nSPS) is 23.7. The first-order valence-electron chi connectivity index (χ1n) is 9.62. The minimum absolute atomic E-state index is 0.00331. The molecule has 148 valence electrons. The average molecular weight is 375 g/mol. The molecule has 3 atom stereocenters. The van der Waals surface area contributed by atoms with Crippen molar-refractivity contribution in [2.75, 3.05) is 32.1 Å². The maximum absolute atomic E-state index is 13.2. The van der Waals surface area contributed by atoms with Gasteiger partial charge in [0.1, 0.15) is 11.9 Å². The third kappa shape index (κ3) is 4.42. The molecule has 1 fully saturated rings. The number of benzene rings is 1. The lowest BCUT2D eigenvalue weighted by Crippen LogP contribution is -2.49. The summed E-state index contributed by atoms with van der Waals surface area (Å²) in [5.74, 6) is 0.496. The molecule has 1 heterocycles. The summed E-state index contributed by atoms with van der Waals surface area (Å²) in [7, 11) is 1.87. The van der Waals surface area contributed by atoms with Crippen molar-refractivity contribution in [3.63, 3.8) is 0 Å². The molecule has 1 aliphatic carbocycles. The summed E-state index contributed by atoms with van der Waals surface area (Å²) in [4.78, 5) is 27.0. The second kappa shape index (κ2) is 8.27. The summed E-state index contributed by atoms with van der Waals surface area (Å²) in [6.45, 7) is 4.91. The van der Waals surface area contributed by atoms with E-state index in [4.69, 9.17) is 4.74 Å². The zero-order valence-electron chi connectivity index (χ0n) is 16.2. The number of aliphatic hydroxyl groups is 1. The lowest BCUT2D eigenvalue weighted by atomic mass is 9.99. The molecule has 7 heteroatoms. The summed E-state index contributed by atoms with van der Waals surface area (Å²) in [5.41, 5.74) is 1.01. The molecule has 27 heavy (non-hydrogen) atoms. The monoisotopic (exact) mass is 375 g/mol. The number of hydrogen-bond donors (Lipinski definition) is 3. The predicted octanol–water partition coefficient (Wildman–Crippen LogP) is 1.47. The number of aliphatic hydroxyl groups excluding tert-OH is 1. The zero-order chi connectivity index (χ0) is 19.6. The Morgan fingerprint density at radius 1 is 1.41 bits per heavy atom. The quantitative estimate of drug-likeness (QED) is 0.701. The van der Waals surface area contributed by atoms with E-state index in [1.807, 2.05) is 20.9 Å². The summed E-state index contributed by atoms with van der Waals surface area (Å²) in [6.07, 6.45) is 1.73. The number of carbonyl (C=O) groups is 2. The topological polar surface area (TPSA) is 90.9 Å². The molecule has 0 aromatic heterocycles. The minimum atomic E-state index is -0.300. The van der Waals surface area contributed by atoms with Gasteiger partial charge in [-0.1, -0.05) is 6.92 Å². The van der Waals surface area contributed by atoms with E-state index >= 15 is 0 Å². The van der Waals surface area contributed by atoms with Gasteiger partial charge in [0.15, 0.2) is 0 Å². The molecule has 1 aromatic rings. The molecule has 1 saturated carbocycles. The van der Waals surface area contributed by atoms with Gasteiger partial charge in [0, 0.05) is 30.6 Å². The molecule has 7 nitrogen and oxygen atoms in total. The van der Waals surface area contributed by atoms with Crippen molar-refractivity contribution < 1.29 is 19.4 Å². The number of anilines is 1. The van der Waals surface area contributed by atoms with Crippen molar-refractivity contribution >= 4 is 17.5 Å². The van der Waals surface area contributed by atoms with Gasteiger partial charge in [-0.05, 0) is 45.0 Å². The highest BCUT2D eigenvalue weighted by Crippen LogP contribution is 2.33. The van der Waals surface area contributed by atoms with Crippen LogP contribution in [0.3, 0.4) is 0 Å². The lowest BCUT2D eigenvalue weighted by Gasteiger charge is -2.37. The third-order valence-electron chi connectivity index (χ3n) is 5.29. The van der Waals surface area contributed by atoms with Crippen LogP contribution in [0.4, 0.5) is 5.69 Å². The van der Waals surface area contributed by atoms with E-state index in [1.54, 1.807) is 23.1 Å². The Balaban J connectivity index is 1.94. The molecule has 3 rings (SSSR count). The van der Waals surface area contributed by atoms with Crippen molar-refractivity contribution in [2.45, 2.75) is 38.8 Å². The number of hydrogen-bond acceptors (Lipinski definition) is 5. The lowest BCUT2D eigenvalue weighted by molar-refractivity contribution is -0.117. The Morgan fingerprint density at radius 3 is 2.78 bits per heavy atom. The van der Waals surface area contributed by atoms with E-state index in [1.165, 1.54) is 0 Å². The van der Waals surface area contributed by atoms with Crippen LogP contribution in [0, 0.1) is 11.8 Å². The van der Waals surface area contributed by atoms with Crippen LogP contribution in [0.25, 0.3) is 0 Å². The molecule has 1 aliphatic heterocycles. The fourth-order valence-corrected chi connectivity index (χ4v) is 3.33. The smallest absolute Gasteiger partial charge is 0.258 e. The number of ether oxygens (including phenoxy) is 1. The molecule has 0 unspecified atom stereocenters. The average Bonchev–Trinajstić information content (AvgIpc) is 3.50. The molecule has 1 aromatic carbocycles. The Kier molecular flexibility index (Phi) is 6.01. The van der Waals surface area contributed by atoms with Gasteiger partial charge in [-0.25, -0.2) is 0 Å². The summed E-state index contributed by atoms with van der Waals surface area (Å²) in [5, 5.41) is 15.6. The molecule has 3 N–H and O–H groups in total. The molecule has 2 aliphatic rings. The number of amides is 2. The highest BCUT2D eigenvalue weighted by Gasteiger charge is 2.33. The Morgan fingerprint density at radius 2 is 2.15 bits per heavy atom. The highest BCUT2D eigenvalue weighted by molar-refractivity contribution is 6.00. The number of fused-ring (bicyclic) bond motifs is 1. The van der Waals surface area contributed by atoms with Crippen LogP contribution in [0.5, 0.6) is 5.75 Å². The predicted molar refractivity (Wildman–Crippen MR) is 103 cm³/mol. The van der Waals surface area contributed by atoms with Crippen molar-refractivity contribution in [3.8, 4) is 5.75 Å². The number of nitrogens with zero attached hydrogens (tertiary/aromatic N) is 1. The van der Waals surface area contributed by atoms with Gasteiger partial charge in [0.25, 0.3) is 5.91 Å². The molecule has 0 spiro atoms. The van der Waals surface area contributed by atoms with Crippen molar-refractivity contribution in [3.05, 3.63) is 23.8 Å². The van der Waals surface area contributed by atoms with Gasteiger partial charge in [0.05, 0.1) is 18.2 Å². The van der Waals surface area contributed by atoms with E-state index in [0.29, 0.717) is 30.1 Å². The molecule has 0 saturated heterocycles. The Hall–Kier alpha value is -2.12. The zero-order valence-corrected chi connectivity index (χ0v) is 16.2. The second-order valence-electron chi connectivity index (χ2n) is 7.65. The van der Waals surface area contributed by atoms with Crippen LogP contribution in [0.1, 0.15) is 37.0 Å². The van der Waals surface area contributed by atoms with Crippen LogP contribution in [0.15, 0.2) is 18.2 Å². The fourth-order valence-electron chi connectivity index (χ4n) is 3.33. The van der Waals surface area contributed by atoms with Gasteiger partial charge in [0.2, 0.25) is 5.91 Å². The van der Waals surface area contributed by atoms with Gasteiger partial charge >= 0.3 is 0 Å². The SMILES string of the molecule is CNC[C@@H]1Oc2ccc(NC(=O)C3CC3)cc2C(=O)N([C@@H](C)CO)C[C@H]1C. The van der Waals surface area contributed by atoms with Gasteiger partial charge < -0.3 is 25.4 Å². The van der Waals surface area contributed by atoms with E-state index in [2.05, 4.69) is 10.6 Å². The van der Waals surface area contributed by atoms with Crippen LogP contribution in [-0.4, -0.2) is 60.7 Å². The van der Waals surface area contributed by atoms with Crippen LogP contribution < -0.4 is 15.4 Å². The van der Waals surface area contributed by atoms with Crippen molar-refractivity contribution in [2.24, 2.45) is 11.8 Å². The van der Waals surface area contributed by atoms with Crippen LogP contribution in [-0.2, 0) is 4.79 Å². The molecule has 0 bridgehead atoms. The van der Waals surface area contributed by atoms with Crippen molar-refractivity contribution in [1.29, 1.82) is 0 Å². The van der Waals surface area contributed by atoms with E-state index in [0.717, 1.165) is 12.8 Å². The standard InChI is InChI=1S/C20H29N3O4/c1-12-10-23(13(2)11-24)20(26)16-8-15(22-19(25)14-4-5-14)6-7-17(16)27-18(12)9-21-3/h6-8,12-14,18,21,24H,4-5,9-11H2,1-3H3,(H,22,25)/t12-,13+,18+/m1/s1. The van der Waals surface area contributed by atoms with E-state index in [-0.39, 0.29) is 42.4 Å².